The maximum atomic E-state index is 14.1. The van der Waals surface area contributed by atoms with E-state index in [0.29, 0.717) is 17.7 Å². The lowest BCUT2D eigenvalue weighted by Gasteiger charge is -2.30. The summed E-state index contributed by atoms with van der Waals surface area (Å²) in [7, 11) is 0. The Morgan fingerprint density at radius 2 is 1.71 bits per heavy atom. The van der Waals surface area contributed by atoms with Crippen molar-refractivity contribution in [3.8, 4) is 5.75 Å². The van der Waals surface area contributed by atoms with Gasteiger partial charge in [0.1, 0.15) is 11.8 Å². The summed E-state index contributed by atoms with van der Waals surface area (Å²) in [5, 5.41) is 2.48. The molecule has 2 aromatic carbocycles. The van der Waals surface area contributed by atoms with Crippen molar-refractivity contribution in [3.63, 3.8) is 0 Å². The van der Waals surface area contributed by atoms with Gasteiger partial charge in [-0.2, -0.15) is 13.2 Å². The van der Waals surface area contributed by atoms with Crippen LogP contribution in [0.2, 0.25) is 0 Å². The molecule has 4 nitrogen and oxygen atoms in total. The first-order chi connectivity index (χ1) is 16.1. The topological polar surface area (TPSA) is 41.6 Å². The molecule has 0 aromatic heterocycles. The van der Waals surface area contributed by atoms with E-state index in [0.717, 1.165) is 23.2 Å². The highest BCUT2D eigenvalue weighted by Crippen LogP contribution is 2.42. The number of halogens is 3. The number of ether oxygens (including phenoxy) is 1. The van der Waals surface area contributed by atoms with Gasteiger partial charge in [-0.25, -0.2) is 5.01 Å². The third-order valence-electron chi connectivity index (χ3n) is 6.48. The van der Waals surface area contributed by atoms with Crippen molar-refractivity contribution in [2.45, 2.75) is 84.4 Å². The zero-order valence-corrected chi connectivity index (χ0v) is 20.5. The van der Waals surface area contributed by atoms with Crippen LogP contribution < -0.4 is 10.2 Å². The van der Waals surface area contributed by atoms with Gasteiger partial charge in [0.2, 0.25) is 5.91 Å². The quantitative estimate of drug-likeness (QED) is 0.325. The molecule has 1 aliphatic rings. The van der Waals surface area contributed by atoms with Crippen LogP contribution in [0.3, 0.4) is 0 Å². The van der Waals surface area contributed by atoms with Gasteiger partial charge < -0.3 is 4.74 Å². The van der Waals surface area contributed by atoms with Gasteiger partial charge in [-0.15, -0.1) is 0 Å². The SMILES string of the molecule is CCCCCCCCCCOc1cccc2ccc(C(N3CC(C)(C)C(=O)N3)C(F)(F)F)cc12. The van der Waals surface area contributed by atoms with E-state index in [1.807, 2.05) is 12.1 Å². The number of alkyl halides is 3. The molecule has 0 radical (unpaired) electrons. The van der Waals surface area contributed by atoms with Crippen molar-refractivity contribution >= 4 is 16.7 Å². The Morgan fingerprint density at radius 1 is 1.03 bits per heavy atom. The third kappa shape index (κ3) is 6.65. The van der Waals surface area contributed by atoms with Crippen LogP contribution in [0.1, 0.15) is 83.7 Å². The van der Waals surface area contributed by atoms with Gasteiger partial charge in [-0.05, 0) is 43.4 Å². The third-order valence-corrected chi connectivity index (χ3v) is 6.48. The monoisotopic (exact) mass is 478 g/mol. The average molecular weight is 479 g/mol. The summed E-state index contributed by atoms with van der Waals surface area (Å²) in [5.74, 6) is 0.186. The first-order valence-corrected chi connectivity index (χ1v) is 12.4. The molecule has 1 heterocycles. The van der Waals surface area contributed by atoms with E-state index in [1.54, 1.807) is 32.0 Å². The predicted octanol–water partition coefficient (Wildman–Crippen LogP) is 7.34. The van der Waals surface area contributed by atoms with Gasteiger partial charge in [0.25, 0.3) is 0 Å². The van der Waals surface area contributed by atoms with Crippen LogP contribution in [0.25, 0.3) is 10.8 Å². The van der Waals surface area contributed by atoms with Crippen LogP contribution in [-0.4, -0.2) is 30.2 Å². The standard InChI is InChI=1S/C27H37F3N2O2/c1-4-5-6-7-8-9-10-11-17-34-23-14-12-13-20-15-16-21(18-22(20)23)24(27(28,29)30)32-19-26(2,3)25(33)31-32/h12-16,18,24H,4-11,17,19H2,1-3H3,(H,31,33). The van der Waals surface area contributed by atoms with Crippen LogP contribution in [0.4, 0.5) is 13.2 Å². The maximum Gasteiger partial charge on any atom is 0.409 e. The highest BCUT2D eigenvalue weighted by Gasteiger charge is 2.51. The Balaban J connectivity index is 1.70. The zero-order chi connectivity index (χ0) is 24.8. The molecule has 7 heteroatoms. The molecule has 0 saturated carbocycles. The fourth-order valence-corrected chi connectivity index (χ4v) is 4.50. The molecule has 0 spiro atoms. The van der Waals surface area contributed by atoms with Crippen molar-refractivity contribution < 1.29 is 22.7 Å². The van der Waals surface area contributed by atoms with Crippen molar-refractivity contribution in [2.75, 3.05) is 13.2 Å². The van der Waals surface area contributed by atoms with Crippen LogP contribution in [0.5, 0.6) is 5.75 Å². The first-order valence-electron chi connectivity index (χ1n) is 12.4. The lowest BCUT2D eigenvalue weighted by atomic mass is 9.93. The molecule has 34 heavy (non-hydrogen) atoms. The fourth-order valence-electron chi connectivity index (χ4n) is 4.50. The second-order valence-corrected chi connectivity index (χ2v) is 9.96. The van der Waals surface area contributed by atoms with E-state index in [4.69, 9.17) is 4.74 Å². The Labute approximate surface area is 200 Å². The van der Waals surface area contributed by atoms with Gasteiger partial charge >= 0.3 is 6.18 Å². The largest absolute Gasteiger partial charge is 0.493 e. The molecular weight excluding hydrogens is 441 g/mol. The molecule has 188 valence electrons. The van der Waals surface area contributed by atoms with Gasteiger partial charge in [0.15, 0.2) is 0 Å². The molecule has 1 saturated heterocycles. The van der Waals surface area contributed by atoms with Gasteiger partial charge in [0, 0.05) is 11.9 Å². The summed E-state index contributed by atoms with van der Waals surface area (Å²) >= 11 is 0. The molecule has 1 N–H and O–H groups in total. The number of hydrazine groups is 1. The van der Waals surface area contributed by atoms with Crippen molar-refractivity contribution in [2.24, 2.45) is 5.41 Å². The highest BCUT2D eigenvalue weighted by atomic mass is 19.4. The van der Waals surface area contributed by atoms with E-state index in [2.05, 4.69) is 12.3 Å². The number of rotatable bonds is 12. The van der Waals surface area contributed by atoms with E-state index in [9.17, 15) is 18.0 Å². The molecule has 0 bridgehead atoms. The van der Waals surface area contributed by atoms with Gasteiger partial charge in [0.05, 0.1) is 12.0 Å². The first kappa shape index (κ1) is 26.3. The molecule has 2 aromatic rings. The second-order valence-electron chi connectivity index (χ2n) is 9.96. The highest BCUT2D eigenvalue weighted by molar-refractivity contribution is 5.89. The Morgan fingerprint density at radius 3 is 2.32 bits per heavy atom. The molecule has 3 rings (SSSR count). The van der Waals surface area contributed by atoms with Crippen molar-refractivity contribution in [1.29, 1.82) is 0 Å². The summed E-state index contributed by atoms with van der Waals surface area (Å²) < 4.78 is 48.4. The summed E-state index contributed by atoms with van der Waals surface area (Å²) in [6, 6.07) is 8.33. The number of unbranched alkanes of at least 4 members (excludes halogenated alkanes) is 7. The molecule has 1 atom stereocenters. The Kier molecular flexibility index (Phi) is 8.85. The van der Waals surface area contributed by atoms with Crippen LogP contribution in [0.15, 0.2) is 36.4 Å². The molecule has 1 amide bonds. The van der Waals surface area contributed by atoms with Gasteiger partial charge in [-0.3, -0.25) is 10.2 Å². The number of carbonyl (C=O) groups excluding carboxylic acids is 1. The van der Waals surface area contributed by atoms with Crippen molar-refractivity contribution in [1.82, 2.24) is 10.4 Å². The number of hydrogen-bond donors (Lipinski definition) is 1. The van der Waals surface area contributed by atoms with Crippen LogP contribution >= 0.6 is 0 Å². The van der Waals surface area contributed by atoms with E-state index in [1.165, 1.54) is 44.6 Å². The molecule has 0 aliphatic carbocycles. The minimum absolute atomic E-state index is 0.0232. The molecule has 1 fully saturated rings. The number of hydrogen-bond acceptors (Lipinski definition) is 3. The summed E-state index contributed by atoms with van der Waals surface area (Å²) in [4.78, 5) is 12.2. The zero-order valence-electron chi connectivity index (χ0n) is 20.5. The number of carbonyl (C=O) groups is 1. The smallest absolute Gasteiger partial charge is 0.409 e. The Hall–Kier alpha value is -2.28. The number of fused-ring (bicyclic) bond motifs is 1. The van der Waals surface area contributed by atoms with Crippen LogP contribution in [-0.2, 0) is 4.79 Å². The minimum Gasteiger partial charge on any atom is -0.493 e. The fraction of sp³-hybridized carbons (Fsp3) is 0.593. The lowest BCUT2D eigenvalue weighted by molar-refractivity contribution is -0.191. The summed E-state index contributed by atoms with van der Waals surface area (Å²) in [6.07, 6.45) is 4.98. The molecule has 1 aliphatic heterocycles. The number of nitrogens with zero attached hydrogens (tertiary/aromatic N) is 1. The number of benzene rings is 2. The summed E-state index contributed by atoms with van der Waals surface area (Å²) in [6.45, 7) is 6.02. The number of nitrogens with one attached hydrogen (secondary N) is 1. The van der Waals surface area contributed by atoms with E-state index >= 15 is 0 Å². The van der Waals surface area contributed by atoms with Crippen molar-refractivity contribution in [3.05, 3.63) is 42.0 Å². The minimum atomic E-state index is -4.55. The van der Waals surface area contributed by atoms with E-state index in [-0.39, 0.29) is 12.1 Å². The Bertz CT molecular complexity index is 959. The maximum absolute atomic E-state index is 14.1. The number of amides is 1. The predicted molar refractivity (Wildman–Crippen MR) is 129 cm³/mol. The molecular formula is C27H37F3N2O2. The normalized spacial score (nSPS) is 17.2. The molecule has 1 unspecified atom stereocenters. The second kappa shape index (κ2) is 11.4. The summed E-state index contributed by atoms with van der Waals surface area (Å²) in [5.41, 5.74) is 1.62. The lowest BCUT2D eigenvalue weighted by Crippen LogP contribution is -2.43. The average Bonchev–Trinajstić information content (AvgIpc) is 3.03. The van der Waals surface area contributed by atoms with E-state index < -0.39 is 23.5 Å². The van der Waals surface area contributed by atoms with Crippen LogP contribution in [0, 0.1) is 5.41 Å². The van der Waals surface area contributed by atoms with Gasteiger partial charge in [-0.1, -0.05) is 76.1 Å².